The first-order valence-corrected chi connectivity index (χ1v) is 8.64. The van der Waals surface area contributed by atoms with Crippen molar-refractivity contribution >= 4 is 17.7 Å². The number of carbonyl (C=O) groups excluding carboxylic acids is 1. The summed E-state index contributed by atoms with van der Waals surface area (Å²) in [5.41, 5.74) is 3.65. The van der Waals surface area contributed by atoms with E-state index in [0.717, 1.165) is 11.3 Å². The molecule has 8 heteroatoms. The Morgan fingerprint density at radius 2 is 2.08 bits per heavy atom. The van der Waals surface area contributed by atoms with Crippen molar-refractivity contribution in [2.45, 2.75) is 31.7 Å². The van der Waals surface area contributed by atoms with Crippen LogP contribution in [0.5, 0.6) is 0 Å². The molecule has 7 nitrogen and oxygen atoms in total. The maximum absolute atomic E-state index is 11.7. The summed E-state index contributed by atoms with van der Waals surface area (Å²) >= 11 is 1.44. The fraction of sp³-hybridized carbons (Fsp3) is 0.294. The van der Waals surface area contributed by atoms with E-state index in [-0.39, 0.29) is 0 Å². The van der Waals surface area contributed by atoms with Gasteiger partial charge < -0.3 is 9.15 Å². The van der Waals surface area contributed by atoms with Crippen molar-refractivity contribution < 1.29 is 13.9 Å². The van der Waals surface area contributed by atoms with Crippen LogP contribution >= 0.6 is 11.8 Å². The van der Waals surface area contributed by atoms with Crippen LogP contribution in [0.3, 0.4) is 0 Å². The Hall–Kier alpha value is -2.61. The van der Waals surface area contributed by atoms with Crippen molar-refractivity contribution in [2.24, 2.45) is 0 Å². The summed E-state index contributed by atoms with van der Waals surface area (Å²) in [6.45, 7) is 5.81. The van der Waals surface area contributed by atoms with Gasteiger partial charge in [0, 0.05) is 0 Å². The van der Waals surface area contributed by atoms with Crippen LogP contribution in [-0.2, 0) is 10.5 Å². The standard InChI is InChI=1S/C17H18N4O3S/c1-10-5-6-15(11(2)7-10)21-17(18-19-20-21)25-9-13-8-14(12(3)24-13)16(22)23-4/h5-8H,9H2,1-4H3. The molecule has 0 atom stereocenters. The van der Waals surface area contributed by atoms with Gasteiger partial charge in [0.1, 0.15) is 17.1 Å². The molecule has 0 unspecified atom stereocenters. The minimum absolute atomic E-state index is 0.405. The average Bonchev–Trinajstić information content (AvgIpc) is 3.18. The van der Waals surface area contributed by atoms with Crippen molar-refractivity contribution in [3.63, 3.8) is 0 Å². The molecule has 0 aliphatic rings. The number of furan rings is 1. The topological polar surface area (TPSA) is 83.0 Å². The van der Waals surface area contributed by atoms with E-state index < -0.39 is 5.97 Å². The molecule has 0 fully saturated rings. The Labute approximate surface area is 149 Å². The van der Waals surface area contributed by atoms with E-state index >= 15 is 0 Å². The van der Waals surface area contributed by atoms with Gasteiger partial charge in [-0.25, -0.2) is 4.79 Å². The van der Waals surface area contributed by atoms with Crippen LogP contribution in [0.25, 0.3) is 5.69 Å². The van der Waals surface area contributed by atoms with Gasteiger partial charge in [0.2, 0.25) is 5.16 Å². The first kappa shape index (κ1) is 17.2. The van der Waals surface area contributed by atoms with Gasteiger partial charge in [-0.15, -0.1) is 5.10 Å². The molecular formula is C17H18N4O3S. The summed E-state index contributed by atoms with van der Waals surface area (Å²) in [7, 11) is 1.35. The highest BCUT2D eigenvalue weighted by Gasteiger charge is 2.17. The molecule has 130 valence electrons. The smallest absolute Gasteiger partial charge is 0.341 e. The van der Waals surface area contributed by atoms with Gasteiger partial charge in [0.05, 0.1) is 18.6 Å². The highest BCUT2D eigenvalue weighted by Crippen LogP contribution is 2.26. The highest BCUT2D eigenvalue weighted by atomic mass is 32.2. The molecule has 0 N–H and O–H groups in total. The molecule has 0 saturated carbocycles. The van der Waals surface area contributed by atoms with Crippen LogP contribution in [0.2, 0.25) is 0 Å². The number of carbonyl (C=O) groups is 1. The third-order valence-electron chi connectivity index (χ3n) is 3.74. The first-order chi connectivity index (χ1) is 12.0. The molecule has 2 aromatic heterocycles. The fourth-order valence-electron chi connectivity index (χ4n) is 2.53. The second-order valence-electron chi connectivity index (χ2n) is 5.63. The van der Waals surface area contributed by atoms with Gasteiger partial charge in [-0.3, -0.25) is 0 Å². The average molecular weight is 358 g/mol. The zero-order chi connectivity index (χ0) is 18.0. The number of hydrogen-bond donors (Lipinski definition) is 0. The molecule has 0 saturated heterocycles. The number of nitrogens with zero attached hydrogens (tertiary/aromatic N) is 4. The van der Waals surface area contributed by atoms with E-state index in [0.29, 0.717) is 28.0 Å². The van der Waals surface area contributed by atoms with E-state index in [9.17, 15) is 4.79 Å². The van der Waals surface area contributed by atoms with E-state index in [1.807, 2.05) is 26.0 Å². The molecule has 0 amide bonds. The van der Waals surface area contributed by atoms with Crippen molar-refractivity contribution in [2.75, 3.05) is 7.11 Å². The van der Waals surface area contributed by atoms with Crippen molar-refractivity contribution in [3.8, 4) is 5.69 Å². The molecule has 0 aliphatic heterocycles. The lowest BCUT2D eigenvalue weighted by atomic mass is 10.1. The van der Waals surface area contributed by atoms with Crippen LogP contribution in [0, 0.1) is 20.8 Å². The third kappa shape index (κ3) is 3.58. The number of ether oxygens (including phenoxy) is 1. The monoisotopic (exact) mass is 358 g/mol. The number of esters is 1. The number of aromatic nitrogens is 4. The van der Waals surface area contributed by atoms with E-state index in [4.69, 9.17) is 9.15 Å². The van der Waals surface area contributed by atoms with Crippen LogP contribution < -0.4 is 0 Å². The summed E-state index contributed by atoms with van der Waals surface area (Å²) in [6.07, 6.45) is 0. The minimum Gasteiger partial charge on any atom is -0.465 e. The molecule has 3 rings (SSSR count). The molecule has 0 bridgehead atoms. The van der Waals surface area contributed by atoms with Gasteiger partial charge >= 0.3 is 5.97 Å². The molecule has 0 spiro atoms. The Bertz CT molecular complexity index is 917. The Kier molecular flexibility index (Phi) is 4.89. The highest BCUT2D eigenvalue weighted by molar-refractivity contribution is 7.98. The predicted molar refractivity (Wildman–Crippen MR) is 93.0 cm³/mol. The van der Waals surface area contributed by atoms with Crippen LogP contribution in [0.4, 0.5) is 0 Å². The van der Waals surface area contributed by atoms with Crippen LogP contribution in [0.1, 0.15) is 33.0 Å². The number of aryl methyl sites for hydroxylation is 3. The molecule has 0 aliphatic carbocycles. The summed E-state index contributed by atoms with van der Waals surface area (Å²) < 4.78 is 12.1. The van der Waals surface area contributed by atoms with E-state index in [2.05, 4.69) is 21.6 Å². The summed E-state index contributed by atoms with van der Waals surface area (Å²) in [6, 6.07) is 7.80. The quantitative estimate of drug-likeness (QED) is 0.511. The van der Waals surface area contributed by atoms with Gasteiger partial charge in [-0.05, 0) is 48.9 Å². The van der Waals surface area contributed by atoms with Gasteiger partial charge in [0.15, 0.2) is 0 Å². The zero-order valence-corrected chi connectivity index (χ0v) is 15.3. The molecular weight excluding hydrogens is 340 g/mol. The minimum atomic E-state index is -0.405. The molecule has 25 heavy (non-hydrogen) atoms. The van der Waals surface area contributed by atoms with Crippen molar-refractivity contribution in [3.05, 3.63) is 52.5 Å². The predicted octanol–water partition coefficient (Wildman–Crippen LogP) is 3.26. The maximum atomic E-state index is 11.7. The zero-order valence-electron chi connectivity index (χ0n) is 14.4. The van der Waals surface area contributed by atoms with Crippen molar-refractivity contribution in [1.82, 2.24) is 20.2 Å². The second-order valence-corrected chi connectivity index (χ2v) is 6.57. The van der Waals surface area contributed by atoms with Crippen LogP contribution in [-0.4, -0.2) is 33.3 Å². The molecule has 0 radical (unpaired) electrons. The molecule has 3 aromatic rings. The second kappa shape index (κ2) is 7.10. The largest absolute Gasteiger partial charge is 0.465 e. The SMILES string of the molecule is COC(=O)c1cc(CSc2nnnn2-c2ccc(C)cc2C)oc1C. The number of methoxy groups -OCH3 is 1. The fourth-order valence-corrected chi connectivity index (χ4v) is 3.29. The summed E-state index contributed by atoms with van der Waals surface area (Å²) in [5, 5.41) is 12.6. The third-order valence-corrected chi connectivity index (χ3v) is 4.68. The molecule has 1 aromatic carbocycles. The number of rotatable bonds is 5. The Morgan fingerprint density at radius 3 is 2.80 bits per heavy atom. The first-order valence-electron chi connectivity index (χ1n) is 7.66. The van der Waals surface area contributed by atoms with Gasteiger partial charge in [-0.1, -0.05) is 29.5 Å². The number of benzene rings is 1. The number of tetrazole rings is 1. The van der Waals surface area contributed by atoms with Gasteiger partial charge in [0.25, 0.3) is 0 Å². The van der Waals surface area contributed by atoms with E-state index in [1.54, 1.807) is 17.7 Å². The van der Waals surface area contributed by atoms with E-state index in [1.165, 1.54) is 24.4 Å². The summed E-state index contributed by atoms with van der Waals surface area (Å²) in [5.74, 6) is 1.30. The van der Waals surface area contributed by atoms with Gasteiger partial charge in [-0.2, -0.15) is 4.68 Å². The van der Waals surface area contributed by atoms with Crippen LogP contribution in [0.15, 0.2) is 33.8 Å². The number of thioether (sulfide) groups is 1. The lowest BCUT2D eigenvalue weighted by Crippen LogP contribution is -2.02. The Morgan fingerprint density at radius 1 is 1.28 bits per heavy atom. The molecule has 2 heterocycles. The lowest BCUT2D eigenvalue weighted by Gasteiger charge is -2.07. The summed E-state index contributed by atoms with van der Waals surface area (Å²) in [4.78, 5) is 11.7. The van der Waals surface area contributed by atoms with Crippen molar-refractivity contribution in [1.29, 1.82) is 0 Å². The number of hydrogen-bond acceptors (Lipinski definition) is 7. The maximum Gasteiger partial charge on any atom is 0.341 e. The lowest BCUT2D eigenvalue weighted by molar-refractivity contribution is 0.0599. The Balaban J connectivity index is 1.79. The normalized spacial score (nSPS) is 10.9.